The van der Waals surface area contributed by atoms with Crippen LogP contribution >= 0.6 is 0 Å². The largest absolute Gasteiger partial charge is 0.329 e. The molecule has 4 heteroatoms. The summed E-state index contributed by atoms with van der Waals surface area (Å²) in [6.07, 6.45) is 3.93. The topological polar surface area (TPSA) is 35.7 Å². The summed E-state index contributed by atoms with van der Waals surface area (Å²) in [6.45, 7) is 13.6. The fourth-order valence-electron chi connectivity index (χ4n) is 3.99. The first kappa shape index (κ1) is 16.2. The molecule has 4 nitrogen and oxygen atoms in total. The lowest BCUT2D eigenvalue weighted by atomic mass is 9.95. The van der Waals surface area contributed by atoms with E-state index in [0.717, 1.165) is 19.1 Å². The van der Waals surface area contributed by atoms with E-state index in [4.69, 9.17) is 5.73 Å². The maximum Gasteiger partial charge on any atom is 0.0468 e. The van der Waals surface area contributed by atoms with Gasteiger partial charge < -0.3 is 5.73 Å². The van der Waals surface area contributed by atoms with Crippen LogP contribution in [0.5, 0.6) is 0 Å². The van der Waals surface area contributed by atoms with Gasteiger partial charge in [-0.1, -0.05) is 6.92 Å². The maximum absolute atomic E-state index is 6.19. The van der Waals surface area contributed by atoms with Crippen LogP contribution in [0.3, 0.4) is 0 Å². The lowest BCUT2D eigenvalue weighted by molar-refractivity contribution is 0.0909. The van der Waals surface area contributed by atoms with Crippen LogP contribution in [-0.4, -0.2) is 78.6 Å². The molecule has 0 aliphatic carbocycles. The zero-order valence-electron chi connectivity index (χ0n) is 13.9. The predicted octanol–water partition coefficient (Wildman–Crippen LogP) is 1.21. The van der Waals surface area contributed by atoms with Crippen molar-refractivity contribution in [1.29, 1.82) is 0 Å². The third kappa shape index (κ3) is 3.19. The standard InChI is InChI=1S/C16H34N4/c1-5-19-9-6-7-15(19)11-18(4)16(12-17)8-10-20(13-16)14(2)3/h14-15H,5-13,17H2,1-4H3. The molecule has 0 aromatic rings. The minimum atomic E-state index is 0.201. The maximum atomic E-state index is 6.19. The molecule has 0 aromatic carbocycles. The Morgan fingerprint density at radius 2 is 2.10 bits per heavy atom. The molecule has 2 N–H and O–H groups in total. The number of rotatable bonds is 6. The molecule has 0 amide bonds. The summed E-state index contributed by atoms with van der Waals surface area (Å²) >= 11 is 0. The van der Waals surface area contributed by atoms with Gasteiger partial charge in [-0.2, -0.15) is 0 Å². The van der Waals surface area contributed by atoms with Crippen molar-refractivity contribution >= 4 is 0 Å². The Kier molecular flexibility index (Phi) is 5.46. The molecule has 2 heterocycles. The molecule has 20 heavy (non-hydrogen) atoms. The van der Waals surface area contributed by atoms with Crippen LogP contribution in [0.15, 0.2) is 0 Å². The van der Waals surface area contributed by atoms with Gasteiger partial charge in [-0.3, -0.25) is 14.7 Å². The van der Waals surface area contributed by atoms with E-state index in [-0.39, 0.29) is 5.54 Å². The normalized spacial score (nSPS) is 32.9. The highest BCUT2D eigenvalue weighted by Crippen LogP contribution is 2.29. The monoisotopic (exact) mass is 282 g/mol. The first-order valence-corrected chi connectivity index (χ1v) is 8.42. The van der Waals surface area contributed by atoms with Crippen molar-refractivity contribution in [3.8, 4) is 0 Å². The highest BCUT2D eigenvalue weighted by atomic mass is 15.3. The van der Waals surface area contributed by atoms with Gasteiger partial charge in [-0.25, -0.2) is 0 Å². The second-order valence-corrected chi connectivity index (χ2v) is 7.05. The molecule has 0 bridgehead atoms. The molecule has 0 aromatic heterocycles. The first-order chi connectivity index (χ1) is 9.52. The Morgan fingerprint density at radius 1 is 1.35 bits per heavy atom. The highest BCUT2D eigenvalue weighted by Gasteiger charge is 2.42. The number of hydrogen-bond donors (Lipinski definition) is 1. The molecule has 2 aliphatic rings. The second kappa shape index (κ2) is 6.73. The SMILES string of the molecule is CCN1CCCC1CN(C)C1(CN)CCN(C(C)C)C1. The van der Waals surface area contributed by atoms with Crippen LogP contribution in [0.2, 0.25) is 0 Å². The van der Waals surface area contributed by atoms with Crippen molar-refractivity contribution in [3.63, 3.8) is 0 Å². The van der Waals surface area contributed by atoms with Gasteiger partial charge in [-0.15, -0.1) is 0 Å². The minimum Gasteiger partial charge on any atom is -0.329 e. The Labute approximate surface area is 125 Å². The summed E-state index contributed by atoms with van der Waals surface area (Å²) in [5, 5.41) is 0. The summed E-state index contributed by atoms with van der Waals surface area (Å²) in [5.74, 6) is 0. The minimum absolute atomic E-state index is 0.201. The van der Waals surface area contributed by atoms with Gasteiger partial charge in [0.1, 0.15) is 0 Å². The van der Waals surface area contributed by atoms with Crippen molar-refractivity contribution in [2.75, 3.05) is 46.3 Å². The van der Waals surface area contributed by atoms with Crippen LogP contribution in [0.1, 0.15) is 40.0 Å². The van der Waals surface area contributed by atoms with Crippen LogP contribution in [0.4, 0.5) is 0 Å². The molecule has 0 radical (unpaired) electrons. The Bertz CT molecular complexity index is 307. The zero-order valence-corrected chi connectivity index (χ0v) is 13.9. The highest BCUT2D eigenvalue weighted by molar-refractivity contribution is 5.01. The summed E-state index contributed by atoms with van der Waals surface area (Å²) in [7, 11) is 2.29. The molecule has 2 atom stereocenters. The van der Waals surface area contributed by atoms with Crippen molar-refractivity contribution in [2.45, 2.75) is 57.7 Å². The summed E-state index contributed by atoms with van der Waals surface area (Å²) in [6, 6.07) is 1.37. The van der Waals surface area contributed by atoms with E-state index in [1.165, 1.54) is 45.4 Å². The molecule has 0 spiro atoms. The summed E-state index contributed by atoms with van der Waals surface area (Å²) < 4.78 is 0. The van der Waals surface area contributed by atoms with Gasteiger partial charge in [0, 0.05) is 43.8 Å². The Morgan fingerprint density at radius 3 is 2.65 bits per heavy atom. The van der Waals surface area contributed by atoms with E-state index in [1.54, 1.807) is 0 Å². The van der Waals surface area contributed by atoms with Gasteiger partial charge in [0.25, 0.3) is 0 Å². The summed E-state index contributed by atoms with van der Waals surface area (Å²) in [4.78, 5) is 7.79. The molecular formula is C16H34N4. The van der Waals surface area contributed by atoms with Crippen molar-refractivity contribution in [3.05, 3.63) is 0 Å². The number of nitrogens with two attached hydrogens (primary N) is 1. The average Bonchev–Trinajstić information content (AvgIpc) is 3.05. The van der Waals surface area contributed by atoms with Gasteiger partial charge in [0.15, 0.2) is 0 Å². The van der Waals surface area contributed by atoms with Gasteiger partial charge in [-0.05, 0) is 53.2 Å². The first-order valence-electron chi connectivity index (χ1n) is 8.42. The van der Waals surface area contributed by atoms with E-state index in [2.05, 4.69) is 42.5 Å². The number of likely N-dealkylation sites (tertiary alicyclic amines) is 2. The summed E-state index contributed by atoms with van der Waals surface area (Å²) in [5.41, 5.74) is 6.39. The number of hydrogen-bond acceptors (Lipinski definition) is 4. The smallest absolute Gasteiger partial charge is 0.0468 e. The van der Waals surface area contributed by atoms with E-state index >= 15 is 0 Å². The van der Waals surface area contributed by atoms with E-state index in [0.29, 0.717) is 6.04 Å². The van der Waals surface area contributed by atoms with Gasteiger partial charge >= 0.3 is 0 Å². The fraction of sp³-hybridized carbons (Fsp3) is 1.00. The molecule has 2 unspecified atom stereocenters. The lowest BCUT2D eigenvalue weighted by Gasteiger charge is -2.41. The zero-order chi connectivity index (χ0) is 14.8. The predicted molar refractivity (Wildman–Crippen MR) is 86.0 cm³/mol. The molecule has 0 saturated carbocycles. The van der Waals surface area contributed by atoms with Crippen LogP contribution < -0.4 is 5.73 Å². The third-order valence-corrected chi connectivity index (χ3v) is 5.67. The van der Waals surface area contributed by atoms with Crippen LogP contribution in [0, 0.1) is 0 Å². The fourth-order valence-corrected chi connectivity index (χ4v) is 3.99. The Hall–Kier alpha value is -0.160. The molecule has 118 valence electrons. The van der Waals surface area contributed by atoms with Crippen LogP contribution in [-0.2, 0) is 0 Å². The van der Waals surface area contributed by atoms with E-state index in [9.17, 15) is 0 Å². The van der Waals surface area contributed by atoms with Gasteiger partial charge in [0.05, 0.1) is 0 Å². The Balaban J connectivity index is 1.97. The second-order valence-electron chi connectivity index (χ2n) is 7.05. The van der Waals surface area contributed by atoms with Crippen LogP contribution in [0.25, 0.3) is 0 Å². The van der Waals surface area contributed by atoms with Crippen molar-refractivity contribution in [2.24, 2.45) is 5.73 Å². The van der Waals surface area contributed by atoms with Crippen molar-refractivity contribution < 1.29 is 0 Å². The molecule has 2 aliphatic heterocycles. The quantitative estimate of drug-likeness (QED) is 0.794. The average molecular weight is 282 g/mol. The lowest BCUT2D eigenvalue weighted by Crippen LogP contribution is -2.57. The number of likely N-dealkylation sites (N-methyl/N-ethyl adjacent to an activating group) is 2. The van der Waals surface area contributed by atoms with Crippen molar-refractivity contribution in [1.82, 2.24) is 14.7 Å². The van der Waals surface area contributed by atoms with Gasteiger partial charge in [0.2, 0.25) is 0 Å². The molecule has 2 fully saturated rings. The molecule has 2 rings (SSSR count). The number of nitrogens with zero attached hydrogens (tertiary/aromatic N) is 3. The molecular weight excluding hydrogens is 248 g/mol. The third-order valence-electron chi connectivity index (χ3n) is 5.67. The molecule has 2 saturated heterocycles. The van der Waals surface area contributed by atoms with E-state index in [1.807, 2.05) is 0 Å². The van der Waals surface area contributed by atoms with E-state index < -0.39 is 0 Å².